The normalized spacial score (nSPS) is 15.8. The first kappa shape index (κ1) is 13.3. The van der Waals surface area contributed by atoms with Crippen molar-refractivity contribution in [2.24, 2.45) is 0 Å². The summed E-state index contributed by atoms with van der Waals surface area (Å²) in [6.07, 6.45) is 0.818. The van der Waals surface area contributed by atoms with Gasteiger partial charge in [-0.3, -0.25) is 4.79 Å². The van der Waals surface area contributed by atoms with Crippen LogP contribution in [-0.2, 0) is 4.79 Å². The van der Waals surface area contributed by atoms with Gasteiger partial charge < -0.3 is 9.80 Å². The molecule has 1 aromatic rings. The van der Waals surface area contributed by atoms with Crippen LogP contribution >= 0.6 is 0 Å². The first-order valence-corrected chi connectivity index (χ1v) is 6.32. The second-order valence-corrected chi connectivity index (χ2v) is 4.62. The van der Waals surface area contributed by atoms with Gasteiger partial charge in [0.05, 0.1) is 17.3 Å². The molecule has 1 aliphatic heterocycles. The molecule has 1 aliphatic rings. The summed E-state index contributed by atoms with van der Waals surface area (Å²) in [5, 5.41) is 8.73. The van der Waals surface area contributed by atoms with E-state index in [1.807, 2.05) is 11.0 Å². The average Bonchev–Trinajstić information content (AvgIpc) is 2.64. The third kappa shape index (κ3) is 3.02. The van der Waals surface area contributed by atoms with Gasteiger partial charge in [0.25, 0.3) is 0 Å². The third-order valence-electron chi connectivity index (χ3n) is 3.36. The highest BCUT2D eigenvalue weighted by Gasteiger charge is 2.18. The van der Waals surface area contributed by atoms with Crippen LogP contribution in [0.4, 0.5) is 10.1 Å². The average molecular weight is 261 g/mol. The summed E-state index contributed by atoms with van der Waals surface area (Å²) in [7, 11) is 0. The van der Waals surface area contributed by atoms with E-state index in [1.165, 1.54) is 6.07 Å². The maximum Gasteiger partial charge on any atom is 0.219 e. The van der Waals surface area contributed by atoms with Crippen LogP contribution in [0.5, 0.6) is 0 Å². The summed E-state index contributed by atoms with van der Waals surface area (Å²) < 4.78 is 13.9. The van der Waals surface area contributed by atoms with Crippen LogP contribution in [0, 0.1) is 17.1 Å². The Kier molecular flexibility index (Phi) is 4.00. The van der Waals surface area contributed by atoms with Crippen LogP contribution in [0.3, 0.4) is 0 Å². The molecule has 19 heavy (non-hydrogen) atoms. The molecule has 0 N–H and O–H groups in total. The summed E-state index contributed by atoms with van der Waals surface area (Å²) in [4.78, 5) is 15.1. The Morgan fingerprint density at radius 1 is 1.32 bits per heavy atom. The van der Waals surface area contributed by atoms with Crippen molar-refractivity contribution in [3.05, 3.63) is 29.6 Å². The second-order valence-electron chi connectivity index (χ2n) is 4.62. The smallest absolute Gasteiger partial charge is 0.219 e. The molecular weight excluding hydrogens is 245 g/mol. The Labute approximate surface area is 112 Å². The zero-order valence-electron chi connectivity index (χ0n) is 10.9. The molecule has 0 saturated carbocycles. The van der Waals surface area contributed by atoms with Gasteiger partial charge in [0.2, 0.25) is 5.91 Å². The molecule has 0 radical (unpaired) electrons. The molecule has 4 nitrogen and oxygen atoms in total. The van der Waals surface area contributed by atoms with Crippen molar-refractivity contribution in [2.45, 2.75) is 13.3 Å². The zero-order chi connectivity index (χ0) is 13.8. The van der Waals surface area contributed by atoms with Gasteiger partial charge in [0, 0.05) is 33.1 Å². The van der Waals surface area contributed by atoms with Crippen LogP contribution in [0.2, 0.25) is 0 Å². The number of amides is 1. The van der Waals surface area contributed by atoms with Crippen molar-refractivity contribution in [3.8, 4) is 6.07 Å². The van der Waals surface area contributed by atoms with Crippen LogP contribution in [-0.4, -0.2) is 37.0 Å². The molecule has 2 rings (SSSR count). The molecule has 1 fully saturated rings. The summed E-state index contributed by atoms with van der Waals surface area (Å²) >= 11 is 0. The Morgan fingerprint density at radius 3 is 2.74 bits per heavy atom. The van der Waals surface area contributed by atoms with Gasteiger partial charge in [0.1, 0.15) is 5.82 Å². The van der Waals surface area contributed by atoms with Crippen LogP contribution in [0.15, 0.2) is 18.2 Å². The number of hydrogen-bond donors (Lipinski definition) is 0. The van der Waals surface area contributed by atoms with E-state index in [0.717, 1.165) is 6.42 Å². The number of carbonyl (C=O) groups excluding carboxylic acids is 1. The molecule has 0 bridgehead atoms. The molecule has 1 heterocycles. The monoisotopic (exact) mass is 261 g/mol. The number of nitriles is 1. The SMILES string of the molecule is CC(=O)N1CCCN(c2ccc(C#N)cc2F)CC1. The number of hydrogen-bond acceptors (Lipinski definition) is 3. The lowest BCUT2D eigenvalue weighted by Gasteiger charge is -2.23. The predicted octanol–water partition coefficient (Wildman–Crippen LogP) is 1.76. The number of carbonyl (C=O) groups is 1. The van der Waals surface area contributed by atoms with Crippen molar-refractivity contribution in [1.82, 2.24) is 4.90 Å². The molecule has 5 heteroatoms. The van der Waals surface area contributed by atoms with Crippen LogP contribution < -0.4 is 4.90 Å². The van der Waals surface area contributed by atoms with E-state index in [0.29, 0.717) is 37.4 Å². The third-order valence-corrected chi connectivity index (χ3v) is 3.36. The van der Waals surface area contributed by atoms with E-state index < -0.39 is 0 Å². The lowest BCUT2D eigenvalue weighted by atomic mass is 10.2. The highest BCUT2D eigenvalue weighted by molar-refractivity contribution is 5.73. The lowest BCUT2D eigenvalue weighted by Crippen LogP contribution is -2.33. The number of rotatable bonds is 1. The van der Waals surface area contributed by atoms with Gasteiger partial charge >= 0.3 is 0 Å². The minimum atomic E-state index is -0.379. The number of nitrogens with zero attached hydrogens (tertiary/aromatic N) is 3. The molecule has 100 valence electrons. The van der Waals surface area contributed by atoms with E-state index >= 15 is 0 Å². The highest BCUT2D eigenvalue weighted by atomic mass is 19.1. The van der Waals surface area contributed by atoms with Gasteiger partial charge in [-0.05, 0) is 24.6 Å². The summed E-state index contributed by atoms with van der Waals surface area (Å²) in [6.45, 7) is 4.20. The zero-order valence-corrected chi connectivity index (χ0v) is 10.9. The minimum absolute atomic E-state index is 0.0575. The van der Waals surface area contributed by atoms with Gasteiger partial charge in [-0.1, -0.05) is 0 Å². The molecule has 0 aromatic heterocycles. The molecule has 0 unspecified atom stereocenters. The summed E-state index contributed by atoms with van der Waals surface area (Å²) in [5.74, 6) is -0.322. The van der Waals surface area contributed by atoms with Gasteiger partial charge in [-0.25, -0.2) is 4.39 Å². The van der Waals surface area contributed by atoms with Crippen molar-refractivity contribution in [1.29, 1.82) is 5.26 Å². The second kappa shape index (κ2) is 5.70. The van der Waals surface area contributed by atoms with E-state index in [-0.39, 0.29) is 11.7 Å². The molecule has 1 saturated heterocycles. The van der Waals surface area contributed by atoms with E-state index in [1.54, 1.807) is 24.0 Å². The fourth-order valence-electron chi connectivity index (χ4n) is 2.31. The quantitative estimate of drug-likeness (QED) is 0.774. The Hall–Kier alpha value is -2.09. The molecule has 1 aromatic carbocycles. The van der Waals surface area contributed by atoms with Crippen LogP contribution in [0.1, 0.15) is 18.9 Å². The number of benzene rings is 1. The Balaban J connectivity index is 2.14. The Morgan fingerprint density at radius 2 is 2.11 bits per heavy atom. The van der Waals surface area contributed by atoms with Crippen molar-refractivity contribution in [2.75, 3.05) is 31.1 Å². The summed E-state index contributed by atoms with van der Waals surface area (Å²) in [5.41, 5.74) is 0.825. The number of halogens is 1. The largest absolute Gasteiger partial charge is 0.367 e. The van der Waals surface area contributed by atoms with Gasteiger partial charge in [-0.2, -0.15) is 5.26 Å². The van der Waals surface area contributed by atoms with E-state index in [9.17, 15) is 9.18 Å². The van der Waals surface area contributed by atoms with E-state index in [2.05, 4.69) is 0 Å². The fourth-order valence-corrected chi connectivity index (χ4v) is 2.31. The molecule has 0 aliphatic carbocycles. The minimum Gasteiger partial charge on any atom is -0.367 e. The van der Waals surface area contributed by atoms with E-state index in [4.69, 9.17) is 5.26 Å². The van der Waals surface area contributed by atoms with Crippen molar-refractivity contribution in [3.63, 3.8) is 0 Å². The Bertz CT molecular complexity index is 524. The van der Waals surface area contributed by atoms with Crippen LogP contribution in [0.25, 0.3) is 0 Å². The first-order chi connectivity index (χ1) is 9.11. The maximum atomic E-state index is 13.9. The lowest BCUT2D eigenvalue weighted by molar-refractivity contribution is -0.128. The van der Waals surface area contributed by atoms with Gasteiger partial charge in [-0.15, -0.1) is 0 Å². The summed E-state index contributed by atoms with van der Waals surface area (Å²) in [6, 6.07) is 6.43. The standard InChI is InChI=1S/C14H16FN3O/c1-11(19)17-5-2-6-18(8-7-17)14-4-3-12(10-16)9-13(14)15/h3-4,9H,2,5-8H2,1H3. The molecule has 1 amide bonds. The number of anilines is 1. The molecular formula is C14H16FN3O. The predicted molar refractivity (Wildman–Crippen MR) is 70.2 cm³/mol. The van der Waals surface area contributed by atoms with Gasteiger partial charge in [0.15, 0.2) is 0 Å². The van der Waals surface area contributed by atoms with Crippen molar-refractivity contribution < 1.29 is 9.18 Å². The fraction of sp³-hybridized carbons (Fsp3) is 0.429. The molecule has 0 atom stereocenters. The molecule has 0 spiro atoms. The topological polar surface area (TPSA) is 47.3 Å². The highest BCUT2D eigenvalue weighted by Crippen LogP contribution is 2.21. The van der Waals surface area contributed by atoms with Crippen molar-refractivity contribution >= 4 is 11.6 Å². The maximum absolute atomic E-state index is 13.9. The first-order valence-electron chi connectivity index (χ1n) is 6.32.